The van der Waals surface area contributed by atoms with Crippen LogP contribution in [0.3, 0.4) is 0 Å². The fourth-order valence-corrected chi connectivity index (χ4v) is 3.30. The summed E-state index contributed by atoms with van der Waals surface area (Å²) in [5, 5.41) is 0.141. The first-order valence-corrected chi connectivity index (χ1v) is 7.44. The molecule has 0 radical (unpaired) electrons. The van der Waals surface area contributed by atoms with Crippen LogP contribution in [0, 0.1) is 13.8 Å². The predicted octanol–water partition coefficient (Wildman–Crippen LogP) is 5.17. The minimum Gasteiger partial charge on any atom is -0.287 e. The van der Waals surface area contributed by atoms with Gasteiger partial charge in [0.2, 0.25) is 0 Å². The Hall–Kier alpha value is -1.28. The summed E-state index contributed by atoms with van der Waals surface area (Å²) in [5.41, 5.74) is 6.32. The molecule has 0 aliphatic heterocycles. The van der Waals surface area contributed by atoms with E-state index in [0.717, 1.165) is 4.90 Å². The zero-order chi connectivity index (χ0) is 14.2. The molecule has 2 heteroatoms. The van der Waals surface area contributed by atoms with E-state index < -0.39 is 0 Å². The first-order chi connectivity index (χ1) is 8.90. The third-order valence-corrected chi connectivity index (χ3v) is 4.27. The van der Waals surface area contributed by atoms with Crippen LogP contribution in [0.5, 0.6) is 0 Å². The zero-order valence-corrected chi connectivity index (χ0v) is 13.0. The smallest absolute Gasteiger partial charge is 0.190 e. The predicted molar refractivity (Wildman–Crippen MR) is 83.2 cm³/mol. The Kier molecular flexibility index (Phi) is 4.00. The van der Waals surface area contributed by atoms with Crippen LogP contribution in [0.2, 0.25) is 0 Å². The molecule has 1 nitrogen and oxygen atoms in total. The lowest BCUT2D eigenvalue weighted by molar-refractivity contribution is -0.109. The molecule has 19 heavy (non-hydrogen) atoms. The molecule has 0 N–H and O–H groups in total. The minimum absolute atomic E-state index is 0.141. The van der Waals surface area contributed by atoms with Crippen molar-refractivity contribution in [2.45, 2.75) is 45.4 Å². The van der Waals surface area contributed by atoms with Gasteiger partial charge < -0.3 is 0 Å². The third-order valence-electron chi connectivity index (χ3n) is 3.44. The zero-order valence-electron chi connectivity index (χ0n) is 12.2. The van der Waals surface area contributed by atoms with Gasteiger partial charge in [-0.05, 0) is 53.6 Å². The molecule has 0 heterocycles. The second-order valence-electron chi connectivity index (χ2n) is 5.39. The quantitative estimate of drug-likeness (QED) is 0.701. The lowest BCUT2D eigenvalue weighted by Gasteiger charge is -2.04. The number of aryl methyl sites for hydroxylation is 2. The van der Waals surface area contributed by atoms with Crippen LogP contribution in [0.4, 0.5) is 0 Å². The van der Waals surface area contributed by atoms with Crippen LogP contribution in [0.15, 0.2) is 29.2 Å². The Morgan fingerprint density at radius 1 is 1.11 bits per heavy atom. The summed E-state index contributed by atoms with van der Waals surface area (Å²) < 4.78 is 0. The molecule has 0 atom stereocenters. The summed E-state index contributed by atoms with van der Waals surface area (Å²) in [6.45, 7) is 10.3. The molecule has 0 amide bonds. The summed E-state index contributed by atoms with van der Waals surface area (Å²) in [6.07, 6.45) is 0. The number of fused-ring (bicyclic) bond motifs is 1. The van der Waals surface area contributed by atoms with E-state index in [2.05, 4.69) is 52.0 Å². The molecular weight excluding hydrogens is 252 g/mol. The van der Waals surface area contributed by atoms with Gasteiger partial charge in [-0.3, -0.25) is 4.79 Å². The lowest BCUT2D eigenvalue weighted by atomic mass is 10.0. The average Bonchev–Trinajstić information content (AvgIpc) is 2.49. The van der Waals surface area contributed by atoms with E-state index in [4.69, 9.17) is 0 Å². The Balaban J connectivity index is 2.67. The van der Waals surface area contributed by atoms with Crippen molar-refractivity contribution in [1.29, 1.82) is 0 Å². The maximum atomic E-state index is 11.4. The highest BCUT2D eigenvalue weighted by Gasteiger charge is 2.17. The highest BCUT2D eigenvalue weighted by Crippen LogP contribution is 2.41. The number of carbonyl (C=O) groups is 1. The normalized spacial score (nSPS) is 11.3. The van der Waals surface area contributed by atoms with Gasteiger partial charge in [-0.1, -0.05) is 43.8 Å². The highest BCUT2D eigenvalue weighted by atomic mass is 32.2. The maximum absolute atomic E-state index is 11.4. The molecular formula is C17H20OS. The Morgan fingerprint density at radius 3 is 2.37 bits per heavy atom. The molecule has 0 bridgehead atoms. The van der Waals surface area contributed by atoms with Gasteiger partial charge in [-0.15, -0.1) is 0 Å². The average molecular weight is 272 g/mol. The maximum Gasteiger partial charge on any atom is 0.190 e. The van der Waals surface area contributed by atoms with Crippen molar-refractivity contribution >= 4 is 16.9 Å². The highest BCUT2D eigenvalue weighted by molar-refractivity contribution is 8.13. The van der Waals surface area contributed by atoms with E-state index >= 15 is 0 Å². The van der Waals surface area contributed by atoms with Crippen LogP contribution in [-0.4, -0.2) is 5.12 Å². The van der Waals surface area contributed by atoms with Crippen molar-refractivity contribution < 1.29 is 4.79 Å². The van der Waals surface area contributed by atoms with E-state index in [9.17, 15) is 4.79 Å². The van der Waals surface area contributed by atoms with Crippen molar-refractivity contribution in [3.63, 3.8) is 0 Å². The molecule has 2 aliphatic carbocycles. The largest absolute Gasteiger partial charge is 0.287 e. The van der Waals surface area contributed by atoms with E-state index in [1.165, 1.54) is 39.6 Å². The molecule has 0 aromatic carbocycles. The van der Waals surface area contributed by atoms with Crippen LogP contribution in [-0.2, 0) is 4.79 Å². The topological polar surface area (TPSA) is 17.1 Å². The van der Waals surface area contributed by atoms with Crippen molar-refractivity contribution in [3.8, 4) is 11.1 Å². The van der Waals surface area contributed by atoms with Crippen molar-refractivity contribution in [1.82, 2.24) is 0 Å². The third kappa shape index (κ3) is 2.84. The molecule has 0 aromatic heterocycles. The minimum atomic E-state index is 0.141. The van der Waals surface area contributed by atoms with E-state index in [1.807, 2.05) is 0 Å². The van der Waals surface area contributed by atoms with Gasteiger partial charge in [-0.2, -0.15) is 0 Å². The molecule has 0 aromatic rings. The Bertz CT molecular complexity index is 599. The van der Waals surface area contributed by atoms with Gasteiger partial charge in [0, 0.05) is 11.8 Å². The fourth-order valence-electron chi connectivity index (χ4n) is 2.38. The molecule has 2 rings (SSSR count). The van der Waals surface area contributed by atoms with Crippen LogP contribution in [0.25, 0.3) is 11.1 Å². The van der Waals surface area contributed by atoms with Crippen molar-refractivity contribution in [2.75, 3.05) is 0 Å². The van der Waals surface area contributed by atoms with Gasteiger partial charge in [0.15, 0.2) is 5.12 Å². The van der Waals surface area contributed by atoms with E-state index in [-0.39, 0.29) is 5.12 Å². The molecule has 0 saturated heterocycles. The molecule has 0 spiro atoms. The van der Waals surface area contributed by atoms with Gasteiger partial charge in [-0.25, -0.2) is 0 Å². The fraction of sp³-hybridized carbons (Fsp3) is 0.353. The summed E-state index contributed by atoms with van der Waals surface area (Å²) in [4.78, 5) is 12.5. The molecule has 100 valence electrons. The summed E-state index contributed by atoms with van der Waals surface area (Å²) in [7, 11) is 0. The van der Waals surface area contributed by atoms with Crippen molar-refractivity contribution in [2.24, 2.45) is 0 Å². The molecule has 0 saturated carbocycles. The molecule has 2 aliphatic rings. The number of carbonyl (C=O) groups excluding carboxylic acids is 1. The van der Waals surface area contributed by atoms with Crippen LogP contribution >= 0.6 is 11.8 Å². The van der Waals surface area contributed by atoms with E-state index in [1.54, 1.807) is 6.92 Å². The Labute approximate surface area is 119 Å². The summed E-state index contributed by atoms with van der Waals surface area (Å²) in [6, 6.07) is 8.77. The first-order valence-electron chi connectivity index (χ1n) is 6.62. The second-order valence-corrected chi connectivity index (χ2v) is 6.61. The van der Waals surface area contributed by atoms with Crippen LogP contribution in [0.1, 0.15) is 43.4 Å². The monoisotopic (exact) mass is 272 g/mol. The number of hydrogen-bond acceptors (Lipinski definition) is 2. The van der Waals surface area contributed by atoms with Gasteiger partial charge in [0.25, 0.3) is 0 Å². The summed E-state index contributed by atoms with van der Waals surface area (Å²) >= 11 is 1.33. The number of hydrogen-bond donors (Lipinski definition) is 0. The van der Waals surface area contributed by atoms with Crippen molar-refractivity contribution in [3.05, 3.63) is 41.0 Å². The summed E-state index contributed by atoms with van der Waals surface area (Å²) in [5.74, 6) is 0.508. The lowest BCUT2D eigenvalue weighted by Crippen LogP contribution is -1.84. The number of rotatable bonds is 2. The standard InChI is InChI=1S/C17H20OS/c1-10(2)14-7-6-11(3)17-15(9-14)12(4)8-16(17)19-13(5)18/h6-10H,1-5H3. The Morgan fingerprint density at radius 2 is 1.79 bits per heavy atom. The number of thioether (sulfide) groups is 1. The van der Waals surface area contributed by atoms with Crippen LogP contribution < -0.4 is 0 Å². The van der Waals surface area contributed by atoms with E-state index in [0.29, 0.717) is 5.92 Å². The first kappa shape index (κ1) is 14.1. The second kappa shape index (κ2) is 5.38. The molecule has 0 unspecified atom stereocenters. The van der Waals surface area contributed by atoms with Gasteiger partial charge in [0.1, 0.15) is 0 Å². The SMILES string of the molecule is CC(=O)Sc1cc(C)c2cc(C(C)C)ccc(C)c1-2. The molecule has 0 fully saturated rings. The van der Waals surface area contributed by atoms with Gasteiger partial charge in [0.05, 0.1) is 0 Å². The van der Waals surface area contributed by atoms with Gasteiger partial charge >= 0.3 is 0 Å².